The molecule has 1 heterocycles. The van der Waals surface area contributed by atoms with E-state index in [1.807, 2.05) is 48.5 Å². The Kier molecular flexibility index (Phi) is 8.14. The summed E-state index contributed by atoms with van der Waals surface area (Å²) in [7, 11) is 0. The molecule has 0 spiro atoms. The van der Waals surface area contributed by atoms with Crippen molar-refractivity contribution in [3.8, 4) is 11.5 Å². The number of hydrogen-bond donors (Lipinski definition) is 0. The molecule has 1 unspecified atom stereocenters. The smallest absolute Gasteiger partial charge is 0.263 e. The van der Waals surface area contributed by atoms with E-state index in [2.05, 4.69) is 20.8 Å². The molecule has 1 saturated heterocycles. The molecule has 0 aliphatic carbocycles. The van der Waals surface area contributed by atoms with E-state index in [-0.39, 0.29) is 18.4 Å². The zero-order valence-corrected chi connectivity index (χ0v) is 19.5. The Morgan fingerprint density at radius 3 is 2.12 bits per heavy atom. The van der Waals surface area contributed by atoms with Crippen LogP contribution in [0.25, 0.3) is 0 Å². The maximum absolute atomic E-state index is 12.9. The first kappa shape index (κ1) is 23.6. The number of rotatable bonds is 8. The van der Waals surface area contributed by atoms with Crippen molar-refractivity contribution in [1.29, 1.82) is 0 Å². The van der Waals surface area contributed by atoms with Crippen LogP contribution in [0.15, 0.2) is 48.5 Å². The van der Waals surface area contributed by atoms with Gasteiger partial charge in [0.15, 0.2) is 12.7 Å². The fourth-order valence-corrected chi connectivity index (χ4v) is 3.91. The van der Waals surface area contributed by atoms with Gasteiger partial charge in [0.25, 0.3) is 11.8 Å². The molecule has 0 N–H and O–H groups in total. The Bertz CT molecular complexity index is 920. The van der Waals surface area contributed by atoms with E-state index in [1.165, 1.54) is 0 Å². The van der Waals surface area contributed by atoms with Gasteiger partial charge < -0.3 is 19.3 Å². The topological polar surface area (TPSA) is 59.1 Å². The van der Waals surface area contributed by atoms with Crippen LogP contribution in [-0.4, -0.2) is 60.5 Å². The van der Waals surface area contributed by atoms with Gasteiger partial charge in [-0.3, -0.25) is 9.59 Å². The van der Waals surface area contributed by atoms with Crippen molar-refractivity contribution >= 4 is 11.8 Å². The highest BCUT2D eigenvalue weighted by Crippen LogP contribution is 2.27. The molecule has 3 rings (SSSR count). The molecule has 1 fully saturated rings. The molecule has 0 aromatic heterocycles. The summed E-state index contributed by atoms with van der Waals surface area (Å²) in [6.45, 7) is 10.1. The van der Waals surface area contributed by atoms with Crippen LogP contribution in [0.1, 0.15) is 44.7 Å². The van der Waals surface area contributed by atoms with E-state index in [0.29, 0.717) is 32.1 Å². The van der Waals surface area contributed by atoms with E-state index in [4.69, 9.17) is 9.47 Å². The fraction of sp³-hybridized carbons (Fsp3) is 0.462. The molecule has 172 valence electrons. The summed E-state index contributed by atoms with van der Waals surface area (Å²) in [5.41, 5.74) is 2.18. The summed E-state index contributed by atoms with van der Waals surface area (Å²) in [5, 5.41) is 0. The number of nitrogens with zero attached hydrogens (tertiary/aromatic N) is 2. The van der Waals surface area contributed by atoms with E-state index in [1.54, 1.807) is 16.7 Å². The van der Waals surface area contributed by atoms with Crippen LogP contribution in [0, 0.1) is 0 Å². The number of carbonyl (C=O) groups is 2. The Morgan fingerprint density at radius 1 is 0.875 bits per heavy atom. The second-order valence-corrected chi connectivity index (χ2v) is 8.41. The first-order chi connectivity index (χ1) is 15.4. The van der Waals surface area contributed by atoms with Gasteiger partial charge in [0.05, 0.1) is 0 Å². The molecule has 1 aliphatic rings. The van der Waals surface area contributed by atoms with Gasteiger partial charge in [-0.25, -0.2) is 0 Å². The number of para-hydroxylation sites is 2. The lowest BCUT2D eigenvalue weighted by Gasteiger charge is -2.36. The third-order valence-corrected chi connectivity index (χ3v) is 5.84. The van der Waals surface area contributed by atoms with Gasteiger partial charge in [-0.05, 0) is 42.5 Å². The summed E-state index contributed by atoms with van der Waals surface area (Å²) in [5.74, 6) is 1.71. The second-order valence-electron chi connectivity index (χ2n) is 8.41. The van der Waals surface area contributed by atoms with Crippen LogP contribution >= 0.6 is 0 Å². The third-order valence-electron chi connectivity index (χ3n) is 5.84. The molecule has 2 aromatic carbocycles. The minimum absolute atomic E-state index is 0.0104. The van der Waals surface area contributed by atoms with Crippen molar-refractivity contribution in [3.63, 3.8) is 0 Å². The third kappa shape index (κ3) is 5.81. The van der Waals surface area contributed by atoms with Crippen molar-refractivity contribution in [2.45, 2.75) is 46.1 Å². The quantitative estimate of drug-likeness (QED) is 0.627. The van der Waals surface area contributed by atoms with Crippen molar-refractivity contribution in [1.82, 2.24) is 9.80 Å². The number of benzene rings is 2. The van der Waals surface area contributed by atoms with E-state index >= 15 is 0 Å². The molecule has 1 aliphatic heterocycles. The summed E-state index contributed by atoms with van der Waals surface area (Å²) >= 11 is 0. The number of carbonyl (C=O) groups excluding carboxylic acids is 2. The molecule has 6 heteroatoms. The molecule has 6 nitrogen and oxygen atoms in total. The van der Waals surface area contributed by atoms with Crippen LogP contribution in [0.4, 0.5) is 0 Å². The summed E-state index contributed by atoms with van der Waals surface area (Å²) < 4.78 is 11.8. The minimum atomic E-state index is -0.578. The second kappa shape index (κ2) is 11.0. The predicted molar refractivity (Wildman–Crippen MR) is 125 cm³/mol. The first-order valence-corrected chi connectivity index (χ1v) is 11.4. The average Bonchev–Trinajstić information content (AvgIpc) is 2.82. The lowest BCUT2D eigenvalue weighted by atomic mass is 10.0. The standard InChI is InChI=1S/C26H34N2O4/c1-5-21-10-6-8-12-23(21)31-18-25(29)27-14-16-28(17-15-27)26(30)20(4)32-24-13-9-7-11-22(24)19(2)3/h6-13,19-20H,5,14-18H2,1-4H3. The summed E-state index contributed by atoms with van der Waals surface area (Å²) in [6, 6.07) is 15.6. The van der Waals surface area contributed by atoms with E-state index in [9.17, 15) is 9.59 Å². The zero-order chi connectivity index (χ0) is 23.1. The maximum atomic E-state index is 12.9. The lowest BCUT2D eigenvalue weighted by molar-refractivity contribution is -0.144. The van der Waals surface area contributed by atoms with Gasteiger partial charge in [0.2, 0.25) is 0 Å². The van der Waals surface area contributed by atoms with Gasteiger partial charge in [-0.2, -0.15) is 0 Å². The van der Waals surface area contributed by atoms with Crippen molar-refractivity contribution in [3.05, 3.63) is 59.7 Å². The molecule has 1 atom stereocenters. The summed E-state index contributed by atoms with van der Waals surface area (Å²) in [6.07, 6.45) is 0.276. The molecule has 32 heavy (non-hydrogen) atoms. The monoisotopic (exact) mass is 438 g/mol. The van der Waals surface area contributed by atoms with Crippen molar-refractivity contribution in [2.75, 3.05) is 32.8 Å². The van der Waals surface area contributed by atoms with Crippen LogP contribution in [0.5, 0.6) is 11.5 Å². The Morgan fingerprint density at radius 2 is 1.47 bits per heavy atom. The first-order valence-electron chi connectivity index (χ1n) is 11.4. The van der Waals surface area contributed by atoms with Crippen LogP contribution in [0.2, 0.25) is 0 Å². The number of aryl methyl sites for hydroxylation is 1. The highest BCUT2D eigenvalue weighted by Gasteiger charge is 2.28. The molecule has 0 bridgehead atoms. The minimum Gasteiger partial charge on any atom is -0.483 e. The molecular formula is C26H34N2O4. The molecule has 2 amide bonds. The normalized spacial score (nSPS) is 14.9. The average molecular weight is 439 g/mol. The molecule has 2 aromatic rings. The molecule has 0 saturated carbocycles. The predicted octanol–water partition coefficient (Wildman–Crippen LogP) is 3.89. The highest BCUT2D eigenvalue weighted by molar-refractivity contribution is 5.82. The number of ether oxygens (including phenoxy) is 2. The van der Waals surface area contributed by atoms with Gasteiger partial charge in [0, 0.05) is 26.2 Å². The molecular weight excluding hydrogens is 404 g/mol. The van der Waals surface area contributed by atoms with Crippen LogP contribution < -0.4 is 9.47 Å². The van der Waals surface area contributed by atoms with E-state index in [0.717, 1.165) is 29.0 Å². The van der Waals surface area contributed by atoms with Gasteiger partial charge in [-0.15, -0.1) is 0 Å². The fourth-order valence-electron chi connectivity index (χ4n) is 3.91. The summed E-state index contributed by atoms with van der Waals surface area (Å²) in [4.78, 5) is 29.1. The number of amides is 2. The van der Waals surface area contributed by atoms with Crippen molar-refractivity contribution in [2.24, 2.45) is 0 Å². The van der Waals surface area contributed by atoms with Gasteiger partial charge in [0.1, 0.15) is 11.5 Å². The number of piperazine rings is 1. The molecule has 0 radical (unpaired) electrons. The largest absolute Gasteiger partial charge is 0.483 e. The van der Waals surface area contributed by atoms with Gasteiger partial charge in [-0.1, -0.05) is 57.2 Å². The van der Waals surface area contributed by atoms with Crippen molar-refractivity contribution < 1.29 is 19.1 Å². The Hall–Kier alpha value is -3.02. The van der Waals surface area contributed by atoms with Gasteiger partial charge >= 0.3 is 0 Å². The Balaban J connectivity index is 1.49. The number of hydrogen-bond acceptors (Lipinski definition) is 4. The van der Waals surface area contributed by atoms with E-state index < -0.39 is 6.10 Å². The Labute approximate surface area is 191 Å². The van der Waals surface area contributed by atoms with Crippen LogP contribution in [0.3, 0.4) is 0 Å². The van der Waals surface area contributed by atoms with Crippen LogP contribution in [-0.2, 0) is 16.0 Å². The lowest BCUT2D eigenvalue weighted by Crippen LogP contribution is -2.54. The SMILES string of the molecule is CCc1ccccc1OCC(=O)N1CCN(C(=O)C(C)Oc2ccccc2C(C)C)CC1. The zero-order valence-electron chi connectivity index (χ0n) is 19.5. The highest BCUT2D eigenvalue weighted by atomic mass is 16.5. The maximum Gasteiger partial charge on any atom is 0.263 e.